The second-order valence-electron chi connectivity index (χ2n) is 4.28. The highest BCUT2D eigenvalue weighted by Crippen LogP contribution is 2.24. The number of methoxy groups -OCH3 is 1. The van der Waals surface area contributed by atoms with Gasteiger partial charge >= 0.3 is 0 Å². The molecule has 0 aromatic heterocycles. The maximum atomic E-state index is 9.39. The van der Waals surface area contributed by atoms with Gasteiger partial charge in [0, 0.05) is 5.56 Å². The standard InChI is InChI=1S/C13H21NO2/c1-10(2)8-14-12(9-15)11-6-4-5-7-13(11)16-3/h4-7,10,12,14-15H,8-9H2,1-3H3. The van der Waals surface area contributed by atoms with Gasteiger partial charge in [0.2, 0.25) is 0 Å². The van der Waals surface area contributed by atoms with Crippen molar-refractivity contribution in [1.29, 1.82) is 0 Å². The molecule has 0 aliphatic carbocycles. The lowest BCUT2D eigenvalue weighted by Crippen LogP contribution is -2.28. The smallest absolute Gasteiger partial charge is 0.123 e. The van der Waals surface area contributed by atoms with E-state index in [1.54, 1.807) is 7.11 Å². The number of aliphatic hydroxyl groups excluding tert-OH is 1. The number of ether oxygens (including phenoxy) is 1. The molecule has 1 aromatic carbocycles. The zero-order valence-corrected chi connectivity index (χ0v) is 10.2. The van der Waals surface area contributed by atoms with E-state index in [0.29, 0.717) is 5.92 Å². The molecule has 0 heterocycles. The molecule has 3 nitrogen and oxygen atoms in total. The fraction of sp³-hybridized carbons (Fsp3) is 0.538. The van der Waals surface area contributed by atoms with Crippen LogP contribution >= 0.6 is 0 Å². The minimum atomic E-state index is -0.0569. The van der Waals surface area contributed by atoms with Crippen LogP contribution in [-0.4, -0.2) is 25.4 Å². The lowest BCUT2D eigenvalue weighted by Gasteiger charge is -2.20. The second-order valence-corrected chi connectivity index (χ2v) is 4.28. The molecule has 16 heavy (non-hydrogen) atoms. The Morgan fingerprint density at radius 1 is 1.31 bits per heavy atom. The Morgan fingerprint density at radius 3 is 2.56 bits per heavy atom. The first-order chi connectivity index (χ1) is 7.69. The van der Waals surface area contributed by atoms with E-state index in [9.17, 15) is 5.11 Å². The van der Waals surface area contributed by atoms with Crippen LogP contribution in [0.5, 0.6) is 5.75 Å². The maximum Gasteiger partial charge on any atom is 0.123 e. The van der Waals surface area contributed by atoms with Crippen molar-refractivity contribution < 1.29 is 9.84 Å². The molecule has 1 aromatic rings. The molecule has 0 saturated heterocycles. The summed E-state index contributed by atoms with van der Waals surface area (Å²) < 4.78 is 5.28. The number of aliphatic hydroxyl groups is 1. The molecule has 0 amide bonds. The van der Waals surface area contributed by atoms with Crippen LogP contribution in [0.25, 0.3) is 0 Å². The molecule has 1 unspecified atom stereocenters. The van der Waals surface area contributed by atoms with Crippen LogP contribution in [0.1, 0.15) is 25.5 Å². The number of benzene rings is 1. The Bertz CT molecular complexity index is 313. The summed E-state index contributed by atoms with van der Waals surface area (Å²) in [7, 11) is 1.65. The molecular weight excluding hydrogens is 202 g/mol. The normalized spacial score (nSPS) is 12.8. The highest BCUT2D eigenvalue weighted by Gasteiger charge is 2.14. The van der Waals surface area contributed by atoms with Crippen LogP contribution in [0.2, 0.25) is 0 Å². The average molecular weight is 223 g/mol. The third-order valence-corrected chi connectivity index (χ3v) is 2.47. The summed E-state index contributed by atoms with van der Waals surface area (Å²) >= 11 is 0. The molecule has 0 bridgehead atoms. The monoisotopic (exact) mass is 223 g/mol. The van der Waals surface area contributed by atoms with E-state index in [0.717, 1.165) is 17.9 Å². The molecule has 0 aliphatic rings. The molecule has 1 rings (SSSR count). The van der Waals surface area contributed by atoms with Crippen LogP contribution in [-0.2, 0) is 0 Å². The third kappa shape index (κ3) is 3.51. The second kappa shape index (κ2) is 6.51. The first-order valence-corrected chi connectivity index (χ1v) is 5.66. The molecule has 0 aliphatic heterocycles. The van der Waals surface area contributed by atoms with Crippen LogP contribution in [0.15, 0.2) is 24.3 Å². The fourth-order valence-electron chi connectivity index (χ4n) is 1.61. The van der Waals surface area contributed by atoms with E-state index < -0.39 is 0 Å². The first kappa shape index (κ1) is 13.0. The number of hydrogen-bond donors (Lipinski definition) is 2. The van der Waals surface area contributed by atoms with Crippen molar-refractivity contribution in [2.75, 3.05) is 20.3 Å². The molecule has 0 fully saturated rings. The predicted octanol–water partition coefficient (Wildman–Crippen LogP) is 1.97. The summed E-state index contributed by atoms with van der Waals surface area (Å²) in [6.45, 7) is 5.24. The minimum absolute atomic E-state index is 0.0569. The van der Waals surface area contributed by atoms with Crippen LogP contribution in [0.3, 0.4) is 0 Å². The van der Waals surface area contributed by atoms with Gasteiger partial charge in [0.1, 0.15) is 5.75 Å². The Hall–Kier alpha value is -1.06. The van der Waals surface area contributed by atoms with Crippen molar-refractivity contribution >= 4 is 0 Å². The van der Waals surface area contributed by atoms with Crippen molar-refractivity contribution in [3.8, 4) is 5.75 Å². The molecule has 0 saturated carbocycles. The summed E-state index contributed by atoms with van der Waals surface area (Å²) in [5, 5.41) is 12.7. The number of para-hydroxylation sites is 1. The van der Waals surface area contributed by atoms with E-state index >= 15 is 0 Å². The predicted molar refractivity (Wildman–Crippen MR) is 65.7 cm³/mol. The van der Waals surface area contributed by atoms with Gasteiger partial charge in [-0.1, -0.05) is 32.0 Å². The van der Waals surface area contributed by atoms with Gasteiger partial charge in [-0.2, -0.15) is 0 Å². The summed E-state index contributed by atoms with van der Waals surface area (Å²) in [5.74, 6) is 1.38. The van der Waals surface area contributed by atoms with Crippen LogP contribution in [0.4, 0.5) is 0 Å². The lowest BCUT2D eigenvalue weighted by atomic mass is 10.1. The largest absolute Gasteiger partial charge is 0.496 e. The number of hydrogen-bond acceptors (Lipinski definition) is 3. The molecule has 1 atom stereocenters. The molecular formula is C13H21NO2. The highest BCUT2D eigenvalue weighted by atomic mass is 16.5. The van der Waals surface area contributed by atoms with Gasteiger partial charge in [-0.05, 0) is 18.5 Å². The summed E-state index contributed by atoms with van der Waals surface area (Å²) in [6, 6.07) is 7.72. The van der Waals surface area contributed by atoms with Crippen molar-refractivity contribution in [2.24, 2.45) is 5.92 Å². The van der Waals surface area contributed by atoms with Gasteiger partial charge in [-0.15, -0.1) is 0 Å². The van der Waals surface area contributed by atoms with Crippen LogP contribution in [0, 0.1) is 5.92 Å². The van der Waals surface area contributed by atoms with E-state index in [1.165, 1.54) is 0 Å². The van der Waals surface area contributed by atoms with Crippen molar-refractivity contribution in [3.05, 3.63) is 29.8 Å². The zero-order valence-electron chi connectivity index (χ0n) is 10.2. The van der Waals surface area contributed by atoms with Gasteiger partial charge < -0.3 is 15.2 Å². The van der Waals surface area contributed by atoms with Gasteiger partial charge in [0.25, 0.3) is 0 Å². The van der Waals surface area contributed by atoms with Crippen LogP contribution < -0.4 is 10.1 Å². The Kier molecular flexibility index (Phi) is 5.29. The molecule has 0 radical (unpaired) electrons. The quantitative estimate of drug-likeness (QED) is 0.774. The Balaban J connectivity index is 2.77. The maximum absolute atomic E-state index is 9.39. The SMILES string of the molecule is COc1ccccc1C(CO)NCC(C)C. The first-order valence-electron chi connectivity index (χ1n) is 5.66. The molecule has 0 spiro atoms. The summed E-state index contributed by atoms with van der Waals surface area (Å²) in [4.78, 5) is 0. The minimum Gasteiger partial charge on any atom is -0.496 e. The summed E-state index contributed by atoms with van der Waals surface area (Å²) in [5.41, 5.74) is 1.01. The fourth-order valence-corrected chi connectivity index (χ4v) is 1.61. The Labute approximate surface area is 97.4 Å². The Morgan fingerprint density at radius 2 is 2.00 bits per heavy atom. The van der Waals surface area contributed by atoms with Gasteiger partial charge in [-0.3, -0.25) is 0 Å². The van der Waals surface area contributed by atoms with Gasteiger partial charge in [-0.25, -0.2) is 0 Å². The molecule has 2 N–H and O–H groups in total. The summed E-state index contributed by atoms with van der Waals surface area (Å²) in [6.07, 6.45) is 0. The third-order valence-electron chi connectivity index (χ3n) is 2.47. The average Bonchev–Trinajstić information content (AvgIpc) is 2.30. The highest BCUT2D eigenvalue weighted by molar-refractivity contribution is 5.35. The molecule has 3 heteroatoms. The molecule has 90 valence electrons. The number of nitrogens with one attached hydrogen (secondary N) is 1. The van der Waals surface area contributed by atoms with Crippen molar-refractivity contribution in [2.45, 2.75) is 19.9 Å². The van der Waals surface area contributed by atoms with Gasteiger partial charge in [0.05, 0.1) is 19.8 Å². The van der Waals surface area contributed by atoms with Crippen molar-refractivity contribution in [3.63, 3.8) is 0 Å². The van der Waals surface area contributed by atoms with E-state index in [-0.39, 0.29) is 12.6 Å². The van der Waals surface area contributed by atoms with Gasteiger partial charge in [0.15, 0.2) is 0 Å². The topological polar surface area (TPSA) is 41.5 Å². The van der Waals surface area contributed by atoms with E-state index in [2.05, 4.69) is 19.2 Å². The number of rotatable bonds is 6. The van der Waals surface area contributed by atoms with E-state index in [1.807, 2.05) is 24.3 Å². The van der Waals surface area contributed by atoms with Crippen molar-refractivity contribution in [1.82, 2.24) is 5.32 Å². The van der Waals surface area contributed by atoms with E-state index in [4.69, 9.17) is 4.74 Å². The lowest BCUT2D eigenvalue weighted by molar-refractivity contribution is 0.237. The zero-order chi connectivity index (χ0) is 12.0.